The standard InChI is InChI=1S/C18H25FN4OS/c1-13(2)12-23-16(21-22-18(23)25-3)8-5-9-20-17(24)11-14-6-4-7-15(19)10-14/h4,6-7,10,13H,5,8-9,11-12H2,1-3H3,(H,20,24). The van der Waals surface area contributed by atoms with E-state index in [1.165, 1.54) is 12.1 Å². The molecule has 0 bridgehead atoms. The van der Waals surface area contributed by atoms with Gasteiger partial charge in [-0.2, -0.15) is 0 Å². The van der Waals surface area contributed by atoms with Crippen LogP contribution in [0.15, 0.2) is 29.4 Å². The van der Waals surface area contributed by atoms with Gasteiger partial charge in [0.1, 0.15) is 11.6 Å². The molecule has 7 heteroatoms. The minimum Gasteiger partial charge on any atom is -0.356 e. The number of hydrogen-bond acceptors (Lipinski definition) is 4. The molecule has 2 rings (SSSR count). The molecule has 0 spiro atoms. The number of rotatable bonds is 9. The third-order valence-electron chi connectivity index (χ3n) is 3.68. The number of nitrogens with zero attached hydrogens (tertiary/aromatic N) is 3. The van der Waals surface area contributed by atoms with Crippen molar-refractivity contribution in [2.24, 2.45) is 5.92 Å². The van der Waals surface area contributed by atoms with E-state index >= 15 is 0 Å². The van der Waals surface area contributed by atoms with E-state index in [1.807, 2.05) is 6.26 Å². The van der Waals surface area contributed by atoms with Gasteiger partial charge < -0.3 is 9.88 Å². The second-order valence-corrected chi connectivity index (χ2v) is 7.14. The van der Waals surface area contributed by atoms with Crippen molar-refractivity contribution in [1.82, 2.24) is 20.1 Å². The average Bonchev–Trinajstić information content (AvgIpc) is 2.93. The van der Waals surface area contributed by atoms with E-state index in [0.29, 0.717) is 18.0 Å². The summed E-state index contributed by atoms with van der Waals surface area (Å²) < 4.78 is 15.3. The van der Waals surface area contributed by atoms with Gasteiger partial charge in [-0.1, -0.05) is 37.7 Å². The van der Waals surface area contributed by atoms with E-state index in [4.69, 9.17) is 0 Å². The summed E-state index contributed by atoms with van der Waals surface area (Å²) in [6, 6.07) is 6.12. The summed E-state index contributed by atoms with van der Waals surface area (Å²) in [6.07, 6.45) is 3.75. The molecule has 0 aliphatic rings. The predicted molar refractivity (Wildman–Crippen MR) is 98.1 cm³/mol. The predicted octanol–water partition coefficient (Wildman–Crippen LogP) is 3.09. The third kappa shape index (κ3) is 6.16. The van der Waals surface area contributed by atoms with Crippen molar-refractivity contribution in [2.45, 2.75) is 44.8 Å². The topological polar surface area (TPSA) is 59.8 Å². The maximum atomic E-state index is 13.1. The second kappa shape index (κ2) is 9.56. The van der Waals surface area contributed by atoms with Gasteiger partial charge in [0.2, 0.25) is 5.91 Å². The largest absolute Gasteiger partial charge is 0.356 e. The lowest BCUT2D eigenvalue weighted by Crippen LogP contribution is -2.26. The van der Waals surface area contributed by atoms with Crippen LogP contribution in [0.4, 0.5) is 4.39 Å². The molecule has 0 aliphatic carbocycles. The Balaban J connectivity index is 1.79. The van der Waals surface area contributed by atoms with Gasteiger partial charge in [0.15, 0.2) is 5.16 Å². The van der Waals surface area contributed by atoms with Gasteiger partial charge in [-0.05, 0) is 36.3 Å². The zero-order chi connectivity index (χ0) is 18.2. The lowest BCUT2D eigenvalue weighted by atomic mass is 10.1. The SMILES string of the molecule is CSc1nnc(CCCNC(=O)Cc2cccc(F)c2)n1CC(C)C. The number of aryl methyl sites for hydroxylation is 1. The highest BCUT2D eigenvalue weighted by molar-refractivity contribution is 7.98. The maximum Gasteiger partial charge on any atom is 0.224 e. The first-order chi connectivity index (χ1) is 12.0. The number of carbonyl (C=O) groups excluding carboxylic acids is 1. The molecule has 136 valence electrons. The molecule has 0 saturated heterocycles. The molecule has 5 nitrogen and oxygen atoms in total. The smallest absolute Gasteiger partial charge is 0.224 e. The number of hydrogen-bond donors (Lipinski definition) is 1. The number of amides is 1. The molecule has 1 aromatic heterocycles. The van der Waals surface area contributed by atoms with Crippen molar-refractivity contribution in [3.05, 3.63) is 41.5 Å². The van der Waals surface area contributed by atoms with Crippen LogP contribution >= 0.6 is 11.8 Å². The summed E-state index contributed by atoms with van der Waals surface area (Å²) in [6.45, 7) is 5.79. The van der Waals surface area contributed by atoms with Crippen LogP contribution in [0.3, 0.4) is 0 Å². The molecule has 0 fully saturated rings. The monoisotopic (exact) mass is 364 g/mol. The van der Waals surface area contributed by atoms with Gasteiger partial charge in [-0.15, -0.1) is 10.2 Å². The van der Waals surface area contributed by atoms with Crippen LogP contribution in [0, 0.1) is 11.7 Å². The molecule has 0 unspecified atom stereocenters. The Morgan fingerprint density at radius 2 is 2.16 bits per heavy atom. The maximum absolute atomic E-state index is 13.1. The quantitative estimate of drug-likeness (QED) is 0.549. The summed E-state index contributed by atoms with van der Waals surface area (Å²) in [4.78, 5) is 11.9. The number of halogens is 1. The average molecular weight is 364 g/mol. The fourth-order valence-electron chi connectivity index (χ4n) is 2.57. The normalized spacial score (nSPS) is 11.1. The van der Waals surface area contributed by atoms with Gasteiger partial charge in [-0.3, -0.25) is 4.79 Å². The summed E-state index contributed by atoms with van der Waals surface area (Å²) in [5.41, 5.74) is 0.679. The molecule has 0 atom stereocenters. The van der Waals surface area contributed by atoms with Crippen molar-refractivity contribution in [3.63, 3.8) is 0 Å². The fourth-order valence-corrected chi connectivity index (χ4v) is 3.10. The van der Waals surface area contributed by atoms with Crippen LogP contribution in [0.2, 0.25) is 0 Å². The highest BCUT2D eigenvalue weighted by Crippen LogP contribution is 2.16. The van der Waals surface area contributed by atoms with Crippen molar-refractivity contribution >= 4 is 17.7 Å². The van der Waals surface area contributed by atoms with Crippen LogP contribution < -0.4 is 5.32 Å². The van der Waals surface area contributed by atoms with Crippen molar-refractivity contribution < 1.29 is 9.18 Å². The van der Waals surface area contributed by atoms with E-state index in [9.17, 15) is 9.18 Å². The number of aromatic nitrogens is 3. The van der Waals surface area contributed by atoms with Crippen molar-refractivity contribution in [1.29, 1.82) is 0 Å². The Hall–Kier alpha value is -1.89. The molecule has 1 amide bonds. The molecule has 0 aliphatic heterocycles. The van der Waals surface area contributed by atoms with Crippen LogP contribution in [0.25, 0.3) is 0 Å². The molecule has 2 aromatic rings. The van der Waals surface area contributed by atoms with E-state index in [1.54, 1.807) is 23.9 Å². The molecule has 1 aromatic carbocycles. The second-order valence-electron chi connectivity index (χ2n) is 6.37. The van der Waals surface area contributed by atoms with E-state index in [0.717, 1.165) is 30.4 Å². The zero-order valence-electron chi connectivity index (χ0n) is 15.0. The van der Waals surface area contributed by atoms with Crippen LogP contribution in [-0.4, -0.2) is 33.5 Å². The molecule has 1 N–H and O–H groups in total. The lowest BCUT2D eigenvalue weighted by Gasteiger charge is -2.11. The Morgan fingerprint density at radius 3 is 2.84 bits per heavy atom. The Labute approximate surface area is 152 Å². The summed E-state index contributed by atoms with van der Waals surface area (Å²) >= 11 is 1.59. The number of carbonyl (C=O) groups is 1. The first-order valence-electron chi connectivity index (χ1n) is 8.46. The highest BCUT2D eigenvalue weighted by atomic mass is 32.2. The van der Waals surface area contributed by atoms with E-state index in [2.05, 4.69) is 33.9 Å². The number of thioether (sulfide) groups is 1. The van der Waals surface area contributed by atoms with Gasteiger partial charge in [0.25, 0.3) is 0 Å². The summed E-state index contributed by atoms with van der Waals surface area (Å²) in [7, 11) is 0. The Morgan fingerprint density at radius 1 is 1.36 bits per heavy atom. The first-order valence-corrected chi connectivity index (χ1v) is 9.69. The Kier molecular flexibility index (Phi) is 7.43. The molecule has 25 heavy (non-hydrogen) atoms. The van der Waals surface area contributed by atoms with Crippen LogP contribution in [-0.2, 0) is 24.2 Å². The molecular formula is C18H25FN4OS. The van der Waals surface area contributed by atoms with Crippen LogP contribution in [0.1, 0.15) is 31.7 Å². The molecular weight excluding hydrogens is 339 g/mol. The third-order valence-corrected chi connectivity index (χ3v) is 4.34. The Bertz CT molecular complexity index is 702. The van der Waals surface area contributed by atoms with Gasteiger partial charge in [-0.25, -0.2) is 4.39 Å². The zero-order valence-corrected chi connectivity index (χ0v) is 15.8. The number of nitrogens with one attached hydrogen (secondary N) is 1. The number of benzene rings is 1. The minimum absolute atomic E-state index is 0.0981. The summed E-state index contributed by atoms with van der Waals surface area (Å²) in [5, 5.41) is 12.3. The fraction of sp³-hybridized carbons (Fsp3) is 0.500. The highest BCUT2D eigenvalue weighted by Gasteiger charge is 2.12. The van der Waals surface area contributed by atoms with Gasteiger partial charge in [0, 0.05) is 19.5 Å². The molecule has 0 radical (unpaired) electrons. The first kappa shape index (κ1) is 19.4. The van der Waals surface area contributed by atoms with Gasteiger partial charge >= 0.3 is 0 Å². The van der Waals surface area contributed by atoms with E-state index < -0.39 is 0 Å². The molecule has 0 saturated carbocycles. The molecule has 1 heterocycles. The van der Waals surface area contributed by atoms with Gasteiger partial charge in [0.05, 0.1) is 6.42 Å². The minimum atomic E-state index is -0.320. The van der Waals surface area contributed by atoms with Crippen LogP contribution in [0.5, 0.6) is 0 Å². The van der Waals surface area contributed by atoms with E-state index in [-0.39, 0.29) is 18.1 Å². The van der Waals surface area contributed by atoms with Crippen molar-refractivity contribution in [3.8, 4) is 0 Å². The lowest BCUT2D eigenvalue weighted by molar-refractivity contribution is -0.120. The van der Waals surface area contributed by atoms with Crippen molar-refractivity contribution in [2.75, 3.05) is 12.8 Å². The summed E-state index contributed by atoms with van der Waals surface area (Å²) in [5.74, 6) is 1.06.